The number of aryl methyl sites for hydroxylation is 2. The molecule has 0 spiro atoms. The fourth-order valence-electron chi connectivity index (χ4n) is 1.11. The van der Waals surface area contributed by atoms with E-state index in [2.05, 4.69) is 10.3 Å². The molecule has 0 unspecified atom stereocenters. The second-order valence-corrected chi connectivity index (χ2v) is 3.23. The number of nitrogens with two attached hydrogens (primary N) is 1. The number of anilines is 1. The molecular weight excluding hydrogens is 178 g/mol. The molecule has 1 rings (SSSR count). The quantitative estimate of drug-likeness (QED) is 0.752. The maximum atomic E-state index is 11.3. The van der Waals surface area contributed by atoms with Gasteiger partial charge in [-0.1, -0.05) is 0 Å². The summed E-state index contributed by atoms with van der Waals surface area (Å²) >= 11 is 0. The largest absolute Gasteiger partial charge is 0.330 e. The molecule has 76 valence electrons. The van der Waals surface area contributed by atoms with Gasteiger partial charge in [-0.3, -0.25) is 9.78 Å². The summed E-state index contributed by atoms with van der Waals surface area (Å²) in [5, 5.41) is 2.77. The summed E-state index contributed by atoms with van der Waals surface area (Å²) in [6.07, 6.45) is 2.11. The molecular formula is C10H15N3O. The lowest BCUT2D eigenvalue weighted by molar-refractivity contribution is -0.116. The van der Waals surface area contributed by atoms with Crippen molar-refractivity contribution >= 4 is 11.6 Å². The first-order valence-electron chi connectivity index (χ1n) is 4.56. The van der Waals surface area contributed by atoms with E-state index in [1.807, 2.05) is 19.9 Å². The number of pyridine rings is 1. The van der Waals surface area contributed by atoms with Crippen molar-refractivity contribution in [2.24, 2.45) is 5.73 Å². The summed E-state index contributed by atoms with van der Waals surface area (Å²) in [4.78, 5) is 15.4. The smallest absolute Gasteiger partial charge is 0.225 e. The van der Waals surface area contributed by atoms with E-state index in [0.717, 1.165) is 16.9 Å². The van der Waals surface area contributed by atoms with Gasteiger partial charge in [-0.25, -0.2) is 0 Å². The Hall–Kier alpha value is -1.42. The normalized spacial score (nSPS) is 9.93. The van der Waals surface area contributed by atoms with Crippen molar-refractivity contribution < 1.29 is 4.79 Å². The molecule has 3 N–H and O–H groups in total. The highest BCUT2D eigenvalue weighted by Gasteiger charge is 2.04. The third-order valence-corrected chi connectivity index (χ3v) is 1.87. The minimum atomic E-state index is -0.0667. The Bertz CT molecular complexity index is 336. The Kier molecular flexibility index (Phi) is 3.59. The van der Waals surface area contributed by atoms with Crippen LogP contribution in [0.15, 0.2) is 12.3 Å². The van der Waals surface area contributed by atoms with Gasteiger partial charge in [-0.2, -0.15) is 0 Å². The molecule has 1 heterocycles. The number of nitrogens with zero attached hydrogens (tertiary/aromatic N) is 1. The lowest BCUT2D eigenvalue weighted by Crippen LogP contribution is -2.17. The standard InChI is InChI=1S/C10H15N3O/c1-7-5-9(8(2)12-6-7)13-10(14)3-4-11/h5-6H,3-4,11H2,1-2H3,(H,13,14). The van der Waals surface area contributed by atoms with E-state index in [0.29, 0.717) is 13.0 Å². The first kappa shape index (κ1) is 10.7. The van der Waals surface area contributed by atoms with E-state index in [-0.39, 0.29) is 5.91 Å². The van der Waals surface area contributed by atoms with Gasteiger partial charge in [0.25, 0.3) is 0 Å². The highest BCUT2D eigenvalue weighted by Crippen LogP contribution is 2.13. The van der Waals surface area contributed by atoms with Gasteiger partial charge in [-0.05, 0) is 25.5 Å². The van der Waals surface area contributed by atoms with Crippen LogP contribution >= 0.6 is 0 Å². The van der Waals surface area contributed by atoms with Crippen LogP contribution < -0.4 is 11.1 Å². The Labute approximate surface area is 83.5 Å². The molecule has 1 amide bonds. The first-order valence-corrected chi connectivity index (χ1v) is 4.56. The molecule has 0 aliphatic rings. The zero-order valence-electron chi connectivity index (χ0n) is 8.50. The van der Waals surface area contributed by atoms with Crippen LogP contribution in [0.3, 0.4) is 0 Å². The fraction of sp³-hybridized carbons (Fsp3) is 0.400. The molecule has 0 radical (unpaired) electrons. The van der Waals surface area contributed by atoms with Gasteiger partial charge in [0.1, 0.15) is 0 Å². The average Bonchev–Trinajstić information content (AvgIpc) is 2.12. The molecule has 4 heteroatoms. The summed E-state index contributed by atoms with van der Waals surface area (Å²) in [7, 11) is 0. The number of aromatic nitrogens is 1. The van der Waals surface area contributed by atoms with Crippen LogP contribution in [0.2, 0.25) is 0 Å². The number of carbonyl (C=O) groups excluding carboxylic acids is 1. The monoisotopic (exact) mass is 193 g/mol. The van der Waals surface area contributed by atoms with Gasteiger partial charge >= 0.3 is 0 Å². The molecule has 1 aromatic heterocycles. The number of carbonyl (C=O) groups is 1. The van der Waals surface area contributed by atoms with Gasteiger partial charge in [-0.15, -0.1) is 0 Å². The van der Waals surface area contributed by atoms with Crippen molar-refractivity contribution in [1.29, 1.82) is 0 Å². The SMILES string of the molecule is Cc1cnc(C)c(NC(=O)CCN)c1. The molecule has 0 aliphatic carbocycles. The van der Waals surface area contributed by atoms with Gasteiger partial charge < -0.3 is 11.1 Å². The van der Waals surface area contributed by atoms with Crippen molar-refractivity contribution in [3.8, 4) is 0 Å². The van der Waals surface area contributed by atoms with Crippen molar-refractivity contribution in [3.63, 3.8) is 0 Å². The topological polar surface area (TPSA) is 68.0 Å². The summed E-state index contributed by atoms with van der Waals surface area (Å²) in [6.45, 7) is 4.16. The van der Waals surface area contributed by atoms with Crippen LogP contribution in [0, 0.1) is 13.8 Å². The predicted molar refractivity (Wildman–Crippen MR) is 56.0 cm³/mol. The highest BCUT2D eigenvalue weighted by atomic mass is 16.1. The Balaban J connectivity index is 2.75. The van der Waals surface area contributed by atoms with Crippen molar-refractivity contribution in [2.75, 3.05) is 11.9 Å². The van der Waals surface area contributed by atoms with Gasteiger partial charge in [0, 0.05) is 19.2 Å². The second-order valence-electron chi connectivity index (χ2n) is 3.23. The summed E-state index contributed by atoms with van der Waals surface area (Å²) < 4.78 is 0. The predicted octanol–water partition coefficient (Wildman–Crippen LogP) is 0.986. The van der Waals surface area contributed by atoms with E-state index in [9.17, 15) is 4.79 Å². The maximum Gasteiger partial charge on any atom is 0.225 e. The average molecular weight is 193 g/mol. The van der Waals surface area contributed by atoms with Crippen LogP contribution in [0.4, 0.5) is 5.69 Å². The number of rotatable bonds is 3. The van der Waals surface area contributed by atoms with Crippen LogP contribution in [0.25, 0.3) is 0 Å². The molecule has 14 heavy (non-hydrogen) atoms. The minimum Gasteiger partial charge on any atom is -0.330 e. The van der Waals surface area contributed by atoms with Gasteiger partial charge in [0.05, 0.1) is 11.4 Å². The Morgan fingerprint density at radius 1 is 1.57 bits per heavy atom. The van der Waals surface area contributed by atoms with Crippen molar-refractivity contribution in [3.05, 3.63) is 23.5 Å². The third kappa shape index (κ3) is 2.81. The van der Waals surface area contributed by atoms with E-state index >= 15 is 0 Å². The molecule has 0 saturated heterocycles. The lowest BCUT2D eigenvalue weighted by Gasteiger charge is -2.07. The van der Waals surface area contributed by atoms with Crippen LogP contribution in [-0.4, -0.2) is 17.4 Å². The molecule has 1 aromatic rings. The first-order chi connectivity index (χ1) is 6.63. The van der Waals surface area contributed by atoms with Gasteiger partial charge in [0.2, 0.25) is 5.91 Å². The van der Waals surface area contributed by atoms with E-state index in [4.69, 9.17) is 5.73 Å². The maximum absolute atomic E-state index is 11.3. The molecule has 0 bridgehead atoms. The van der Waals surface area contributed by atoms with Crippen LogP contribution in [0.5, 0.6) is 0 Å². The summed E-state index contributed by atoms with van der Waals surface area (Å²) in [5.74, 6) is -0.0667. The highest BCUT2D eigenvalue weighted by molar-refractivity contribution is 5.91. The number of nitrogens with one attached hydrogen (secondary N) is 1. The molecule has 0 aromatic carbocycles. The van der Waals surface area contributed by atoms with Crippen LogP contribution in [0.1, 0.15) is 17.7 Å². The molecule has 0 atom stereocenters. The second kappa shape index (κ2) is 4.72. The van der Waals surface area contributed by atoms with Crippen molar-refractivity contribution in [2.45, 2.75) is 20.3 Å². The molecule has 0 fully saturated rings. The summed E-state index contributed by atoms with van der Waals surface area (Å²) in [6, 6.07) is 1.90. The number of hydrogen-bond acceptors (Lipinski definition) is 3. The Morgan fingerprint density at radius 2 is 2.29 bits per heavy atom. The van der Waals surface area contributed by atoms with E-state index in [1.54, 1.807) is 6.20 Å². The number of hydrogen-bond donors (Lipinski definition) is 2. The molecule has 0 aliphatic heterocycles. The van der Waals surface area contributed by atoms with Crippen molar-refractivity contribution in [1.82, 2.24) is 4.98 Å². The third-order valence-electron chi connectivity index (χ3n) is 1.87. The Morgan fingerprint density at radius 3 is 2.93 bits per heavy atom. The minimum absolute atomic E-state index is 0.0667. The number of amides is 1. The fourth-order valence-corrected chi connectivity index (χ4v) is 1.11. The zero-order chi connectivity index (χ0) is 10.6. The zero-order valence-corrected chi connectivity index (χ0v) is 8.50. The van der Waals surface area contributed by atoms with E-state index < -0.39 is 0 Å². The van der Waals surface area contributed by atoms with Crippen LogP contribution in [-0.2, 0) is 4.79 Å². The molecule has 0 saturated carbocycles. The lowest BCUT2D eigenvalue weighted by atomic mass is 10.2. The van der Waals surface area contributed by atoms with Gasteiger partial charge in [0.15, 0.2) is 0 Å². The molecule has 4 nitrogen and oxygen atoms in total. The van der Waals surface area contributed by atoms with E-state index in [1.165, 1.54) is 0 Å². The summed E-state index contributed by atoms with van der Waals surface area (Å²) in [5.41, 5.74) is 7.89.